The van der Waals surface area contributed by atoms with Crippen LogP contribution in [0.15, 0.2) is 29.8 Å². The fraction of sp³-hybridized carbons (Fsp3) is 0.353. The maximum Gasteiger partial charge on any atom is 0.257 e. The zero-order valence-electron chi connectivity index (χ0n) is 13.0. The monoisotopic (exact) mass is 363 g/mol. The molecular formula is C17H18ClN3O2S. The number of hydrogen-bond donors (Lipinski definition) is 2. The molecule has 126 valence electrons. The zero-order chi connectivity index (χ0) is 16.9. The molecule has 0 radical (unpaired) electrons. The SMILES string of the molecule is O=C(CC1CCCC1)Nc1ccc(C(=O)Nc2nccs2)cc1Cl. The Morgan fingerprint density at radius 1 is 1.25 bits per heavy atom. The fourth-order valence-electron chi connectivity index (χ4n) is 2.89. The number of rotatable bonds is 5. The average Bonchev–Trinajstić information content (AvgIpc) is 3.23. The molecule has 0 spiro atoms. The Kier molecular flexibility index (Phi) is 5.48. The molecule has 3 rings (SSSR count). The van der Waals surface area contributed by atoms with Crippen LogP contribution < -0.4 is 10.6 Å². The van der Waals surface area contributed by atoms with Gasteiger partial charge in [-0.15, -0.1) is 11.3 Å². The van der Waals surface area contributed by atoms with Crippen LogP contribution in [0.3, 0.4) is 0 Å². The Morgan fingerprint density at radius 2 is 2.04 bits per heavy atom. The molecule has 1 aromatic heterocycles. The third-order valence-electron chi connectivity index (χ3n) is 4.11. The summed E-state index contributed by atoms with van der Waals surface area (Å²) in [6.45, 7) is 0. The Hall–Kier alpha value is -1.92. The number of thiazole rings is 1. The van der Waals surface area contributed by atoms with Crippen molar-refractivity contribution in [1.29, 1.82) is 0 Å². The number of benzene rings is 1. The van der Waals surface area contributed by atoms with Gasteiger partial charge in [-0.2, -0.15) is 0 Å². The van der Waals surface area contributed by atoms with Gasteiger partial charge in [-0.1, -0.05) is 24.4 Å². The van der Waals surface area contributed by atoms with Crippen molar-refractivity contribution in [2.24, 2.45) is 5.92 Å². The summed E-state index contributed by atoms with van der Waals surface area (Å²) in [5, 5.41) is 8.20. The van der Waals surface area contributed by atoms with Crippen LogP contribution in [0, 0.1) is 5.92 Å². The summed E-state index contributed by atoms with van der Waals surface area (Å²) >= 11 is 7.55. The maximum absolute atomic E-state index is 12.1. The zero-order valence-corrected chi connectivity index (χ0v) is 14.6. The largest absolute Gasteiger partial charge is 0.325 e. The normalized spacial score (nSPS) is 14.5. The van der Waals surface area contributed by atoms with Gasteiger partial charge in [-0.25, -0.2) is 4.98 Å². The van der Waals surface area contributed by atoms with Gasteiger partial charge in [0.25, 0.3) is 5.91 Å². The van der Waals surface area contributed by atoms with Crippen LogP contribution in [-0.2, 0) is 4.79 Å². The molecule has 7 heteroatoms. The number of anilines is 2. The van der Waals surface area contributed by atoms with E-state index in [1.165, 1.54) is 24.2 Å². The van der Waals surface area contributed by atoms with Crippen LogP contribution in [0.5, 0.6) is 0 Å². The molecule has 0 atom stereocenters. The Balaban J connectivity index is 1.61. The summed E-state index contributed by atoms with van der Waals surface area (Å²) in [6.07, 6.45) is 6.82. The van der Waals surface area contributed by atoms with Crippen molar-refractivity contribution >= 4 is 45.6 Å². The average molecular weight is 364 g/mol. The van der Waals surface area contributed by atoms with E-state index in [0.717, 1.165) is 12.8 Å². The van der Waals surface area contributed by atoms with Crippen molar-refractivity contribution in [3.63, 3.8) is 0 Å². The molecule has 0 saturated heterocycles. The predicted molar refractivity (Wildman–Crippen MR) is 96.7 cm³/mol. The summed E-state index contributed by atoms with van der Waals surface area (Å²) in [5.74, 6) is 0.173. The smallest absolute Gasteiger partial charge is 0.257 e. The summed E-state index contributed by atoms with van der Waals surface area (Å²) in [4.78, 5) is 28.2. The first-order valence-electron chi connectivity index (χ1n) is 7.92. The molecule has 1 aliphatic carbocycles. The third-order valence-corrected chi connectivity index (χ3v) is 5.11. The van der Waals surface area contributed by atoms with Gasteiger partial charge in [0.05, 0.1) is 10.7 Å². The predicted octanol–water partition coefficient (Wildman–Crippen LogP) is 4.57. The van der Waals surface area contributed by atoms with E-state index in [2.05, 4.69) is 15.6 Å². The van der Waals surface area contributed by atoms with Gasteiger partial charge in [0, 0.05) is 23.6 Å². The van der Waals surface area contributed by atoms with Crippen molar-refractivity contribution in [2.75, 3.05) is 10.6 Å². The lowest BCUT2D eigenvalue weighted by Crippen LogP contribution is -2.16. The lowest BCUT2D eigenvalue weighted by atomic mass is 10.0. The van der Waals surface area contributed by atoms with Crippen LogP contribution in [0.2, 0.25) is 5.02 Å². The minimum absolute atomic E-state index is 0.0243. The molecule has 1 fully saturated rings. The fourth-order valence-corrected chi connectivity index (χ4v) is 3.64. The quantitative estimate of drug-likeness (QED) is 0.817. The first-order chi connectivity index (χ1) is 11.6. The Bertz CT molecular complexity index is 727. The van der Waals surface area contributed by atoms with Crippen LogP contribution in [0.25, 0.3) is 0 Å². The first-order valence-corrected chi connectivity index (χ1v) is 9.18. The van der Waals surface area contributed by atoms with E-state index in [4.69, 9.17) is 11.6 Å². The molecule has 2 aromatic rings. The van der Waals surface area contributed by atoms with Crippen LogP contribution in [0.4, 0.5) is 10.8 Å². The molecule has 24 heavy (non-hydrogen) atoms. The topological polar surface area (TPSA) is 71.1 Å². The molecule has 2 N–H and O–H groups in total. The van der Waals surface area contributed by atoms with Gasteiger partial charge < -0.3 is 5.32 Å². The molecule has 1 aliphatic rings. The molecule has 0 bridgehead atoms. The van der Waals surface area contributed by atoms with Crippen molar-refractivity contribution in [3.05, 3.63) is 40.4 Å². The minimum atomic E-state index is -0.282. The van der Waals surface area contributed by atoms with Gasteiger partial charge in [0.1, 0.15) is 0 Å². The van der Waals surface area contributed by atoms with Gasteiger partial charge >= 0.3 is 0 Å². The van der Waals surface area contributed by atoms with Crippen molar-refractivity contribution < 1.29 is 9.59 Å². The standard InChI is InChI=1S/C17H18ClN3O2S/c18-13-10-12(16(23)21-17-19-7-8-24-17)5-6-14(13)20-15(22)9-11-3-1-2-4-11/h5-8,10-11H,1-4,9H2,(H,20,22)(H,19,21,23). The second-order valence-electron chi connectivity index (χ2n) is 5.89. The maximum atomic E-state index is 12.1. The summed E-state index contributed by atoms with van der Waals surface area (Å²) < 4.78 is 0. The molecule has 1 saturated carbocycles. The minimum Gasteiger partial charge on any atom is -0.325 e. The van der Waals surface area contributed by atoms with Crippen molar-refractivity contribution in [3.8, 4) is 0 Å². The number of amides is 2. The lowest BCUT2D eigenvalue weighted by molar-refractivity contribution is -0.117. The summed E-state index contributed by atoms with van der Waals surface area (Å²) in [7, 11) is 0. The first kappa shape index (κ1) is 16.9. The lowest BCUT2D eigenvalue weighted by Gasteiger charge is -2.11. The van der Waals surface area contributed by atoms with E-state index in [9.17, 15) is 9.59 Å². The number of carbonyl (C=O) groups excluding carboxylic acids is 2. The van der Waals surface area contributed by atoms with E-state index in [1.54, 1.807) is 29.8 Å². The molecule has 2 amide bonds. The number of nitrogens with zero attached hydrogens (tertiary/aromatic N) is 1. The van der Waals surface area contributed by atoms with E-state index < -0.39 is 0 Å². The summed E-state index contributed by atoms with van der Waals surface area (Å²) in [6, 6.07) is 4.85. The molecule has 1 heterocycles. The number of aromatic nitrogens is 1. The summed E-state index contributed by atoms with van der Waals surface area (Å²) in [5.41, 5.74) is 0.953. The molecular weight excluding hydrogens is 346 g/mol. The molecule has 0 unspecified atom stereocenters. The van der Waals surface area contributed by atoms with E-state index in [-0.39, 0.29) is 11.8 Å². The molecule has 5 nitrogen and oxygen atoms in total. The van der Waals surface area contributed by atoms with Gasteiger partial charge in [-0.3, -0.25) is 14.9 Å². The van der Waals surface area contributed by atoms with Gasteiger partial charge in [0.2, 0.25) is 5.91 Å². The van der Waals surface area contributed by atoms with Crippen LogP contribution in [-0.4, -0.2) is 16.8 Å². The van der Waals surface area contributed by atoms with Crippen LogP contribution >= 0.6 is 22.9 Å². The Labute approximate surface area is 149 Å². The highest BCUT2D eigenvalue weighted by atomic mass is 35.5. The molecule has 1 aromatic carbocycles. The highest BCUT2D eigenvalue weighted by Gasteiger charge is 2.19. The van der Waals surface area contributed by atoms with Crippen LogP contribution in [0.1, 0.15) is 42.5 Å². The Morgan fingerprint density at radius 3 is 2.71 bits per heavy atom. The highest BCUT2D eigenvalue weighted by Crippen LogP contribution is 2.29. The van der Waals surface area contributed by atoms with Crippen molar-refractivity contribution in [1.82, 2.24) is 4.98 Å². The van der Waals surface area contributed by atoms with Crippen molar-refractivity contribution in [2.45, 2.75) is 32.1 Å². The second-order valence-corrected chi connectivity index (χ2v) is 7.19. The third kappa shape index (κ3) is 4.33. The number of halogens is 1. The number of carbonyl (C=O) groups is 2. The number of nitrogens with one attached hydrogen (secondary N) is 2. The van der Waals surface area contributed by atoms with E-state index in [1.807, 2.05) is 0 Å². The molecule has 0 aliphatic heterocycles. The number of hydrogen-bond acceptors (Lipinski definition) is 4. The van der Waals surface area contributed by atoms with E-state index >= 15 is 0 Å². The highest BCUT2D eigenvalue weighted by molar-refractivity contribution is 7.13. The van der Waals surface area contributed by atoms with Gasteiger partial charge in [-0.05, 0) is 37.0 Å². The van der Waals surface area contributed by atoms with E-state index in [0.29, 0.717) is 33.7 Å². The van der Waals surface area contributed by atoms with Gasteiger partial charge in [0.15, 0.2) is 5.13 Å². The second kappa shape index (κ2) is 7.77.